The van der Waals surface area contributed by atoms with E-state index in [0.717, 1.165) is 6.54 Å². The summed E-state index contributed by atoms with van der Waals surface area (Å²) in [6, 6.07) is 8.87. The molecule has 0 heterocycles. The Morgan fingerprint density at radius 1 is 0.640 bits per heavy atom. The Kier molecular flexibility index (Phi) is 14.4. The van der Waals surface area contributed by atoms with Crippen molar-refractivity contribution in [3.8, 4) is 0 Å². The fraction of sp³-hybridized carbons (Fsp3) is 0.739. The Balaban J connectivity index is 2.31. The lowest BCUT2D eigenvalue weighted by Crippen LogP contribution is -2.25. The highest BCUT2D eigenvalue weighted by atomic mass is 79.9. The number of rotatable bonds is 16. The van der Waals surface area contributed by atoms with Gasteiger partial charge in [0.05, 0.1) is 0 Å². The molecule has 0 radical (unpaired) electrons. The zero-order valence-corrected chi connectivity index (χ0v) is 18.3. The highest BCUT2D eigenvalue weighted by Crippen LogP contribution is 2.14. The summed E-state index contributed by atoms with van der Waals surface area (Å²) in [7, 11) is 0. The zero-order valence-electron chi connectivity index (χ0n) is 16.7. The molecule has 0 saturated heterocycles. The highest BCUT2D eigenvalue weighted by Gasteiger charge is 2.06. The summed E-state index contributed by atoms with van der Waals surface area (Å²) in [4.78, 5) is 2.68. The van der Waals surface area contributed by atoms with Crippen molar-refractivity contribution in [3.63, 3.8) is 0 Å². The smallest absolute Gasteiger partial charge is 0.0233 e. The second-order valence-corrected chi connectivity index (χ2v) is 8.35. The van der Waals surface area contributed by atoms with Gasteiger partial charge in [-0.25, -0.2) is 0 Å². The monoisotopic (exact) mass is 409 g/mol. The highest BCUT2D eigenvalue weighted by molar-refractivity contribution is 9.10. The van der Waals surface area contributed by atoms with Crippen LogP contribution in [-0.2, 0) is 6.54 Å². The van der Waals surface area contributed by atoms with Crippen molar-refractivity contribution in [2.24, 2.45) is 0 Å². The van der Waals surface area contributed by atoms with Gasteiger partial charge >= 0.3 is 0 Å². The predicted molar refractivity (Wildman–Crippen MR) is 116 cm³/mol. The molecule has 0 fully saturated rings. The van der Waals surface area contributed by atoms with E-state index in [-0.39, 0.29) is 0 Å². The first-order chi connectivity index (χ1) is 12.3. The minimum absolute atomic E-state index is 1.11. The molecule has 0 unspecified atom stereocenters. The molecule has 0 aromatic heterocycles. The number of halogens is 1. The maximum atomic E-state index is 3.54. The molecule has 0 saturated carbocycles. The molecule has 0 bridgehead atoms. The Morgan fingerprint density at radius 2 is 1.08 bits per heavy atom. The van der Waals surface area contributed by atoms with Gasteiger partial charge in [-0.3, -0.25) is 4.90 Å². The van der Waals surface area contributed by atoms with Crippen molar-refractivity contribution in [2.75, 3.05) is 13.1 Å². The van der Waals surface area contributed by atoms with Crippen molar-refractivity contribution in [3.05, 3.63) is 34.3 Å². The van der Waals surface area contributed by atoms with Gasteiger partial charge in [0, 0.05) is 11.0 Å². The quantitative estimate of drug-likeness (QED) is 0.250. The van der Waals surface area contributed by atoms with E-state index in [0.29, 0.717) is 0 Å². The molecule has 0 aliphatic rings. The molecule has 1 rings (SSSR count). The second-order valence-electron chi connectivity index (χ2n) is 7.44. The average molecular weight is 410 g/mol. The van der Waals surface area contributed by atoms with Crippen LogP contribution >= 0.6 is 15.9 Å². The van der Waals surface area contributed by atoms with Crippen LogP contribution in [0, 0.1) is 0 Å². The number of hydrogen-bond donors (Lipinski definition) is 0. The Bertz CT molecular complexity index is 385. The van der Waals surface area contributed by atoms with Crippen LogP contribution in [0.1, 0.15) is 96.5 Å². The first kappa shape index (κ1) is 22.7. The summed E-state index contributed by atoms with van der Waals surface area (Å²) < 4.78 is 1.18. The summed E-state index contributed by atoms with van der Waals surface area (Å²) in [5.74, 6) is 0. The van der Waals surface area contributed by atoms with Gasteiger partial charge < -0.3 is 0 Å². The lowest BCUT2D eigenvalue weighted by Gasteiger charge is -2.22. The SMILES string of the molecule is CCCCCCCCN(CCCCCCCC)Cc1ccc(Br)cc1. The third-order valence-electron chi connectivity index (χ3n) is 4.98. The first-order valence-electron chi connectivity index (χ1n) is 10.7. The molecule has 1 aromatic rings. The molecule has 0 atom stereocenters. The summed E-state index contributed by atoms with van der Waals surface area (Å²) in [6.45, 7) is 8.21. The van der Waals surface area contributed by atoms with Crippen molar-refractivity contribution >= 4 is 15.9 Å². The topological polar surface area (TPSA) is 3.24 Å². The van der Waals surface area contributed by atoms with Crippen LogP contribution in [0.15, 0.2) is 28.7 Å². The fourth-order valence-corrected chi connectivity index (χ4v) is 3.61. The minimum Gasteiger partial charge on any atom is -0.299 e. The molecule has 1 nitrogen and oxygen atoms in total. The molecule has 0 amide bonds. The maximum Gasteiger partial charge on any atom is 0.0233 e. The molecule has 0 spiro atoms. The van der Waals surface area contributed by atoms with Crippen molar-refractivity contribution < 1.29 is 0 Å². The summed E-state index contributed by atoms with van der Waals surface area (Å²) in [6.07, 6.45) is 16.7. The van der Waals surface area contributed by atoms with Crippen molar-refractivity contribution in [2.45, 2.75) is 97.4 Å². The van der Waals surface area contributed by atoms with Crippen LogP contribution in [0.25, 0.3) is 0 Å². The molecule has 25 heavy (non-hydrogen) atoms. The van der Waals surface area contributed by atoms with Crippen molar-refractivity contribution in [1.82, 2.24) is 4.90 Å². The van der Waals surface area contributed by atoms with Gasteiger partial charge in [0.2, 0.25) is 0 Å². The molecular formula is C23H40BrN. The number of nitrogens with zero attached hydrogens (tertiary/aromatic N) is 1. The summed E-state index contributed by atoms with van der Waals surface area (Å²) >= 11 is 3.54. The van der Waals surface area contributed by atoms with E-state index in [1.54, 1.807) is 0 Å². The third-order valence-corrected chi connectivity index (χ3v) is 5.50. The van der Waals surface area contributed by atoms with E-state index in [9.17, 15) is 0 Å². The largest absolute Gasteiger partial charge is 0.299 e. The van der Waals surface area contributed by atoms with Crippen molar-refractivity contribution in [1.29, 1.82) is 0 Å². The van der Waals surface area contributed by atoms with Gasteiger partial charge in [0.1, 0.15) is 0 Å². The molecule has 1 aromatic carbocycles. The predicted octanol–water partition coefficient (Wildman–Crippen LogP) is 7.97. The van der Waals surface area contributed by atoms with E-state index in [4.69, 9.17) is 0 Å². The maximum absolute atomic E-state index is 3.54. The van der Waals surface area contributed by atoms with Crippen LogP contribution in [0.4, 0.5) is 0 Å². The number of hydrogen-bond acceptors (Lipinski definition) is 1. The van der Waals surface area contributed by atoms with Gasteiger partial charge in [-0.2, -0.15) is 0 Å². The molecule has 0 N–H and O–H groups in total. The van der Waals surface area contributed by atoms with Gasteiger partial charge in [-0.1, -0.05) is 106 Å². The van der Waals surface area contributed by atoms with E-state index in [1.165, 1.54) is 100 Å². The van der Waals surface area contributed by atoms with E-state index in [1.807, 2.05) is 0 Å². The van der Waals surface area contributed by atoms with E-state index >= 15 is 0 Å². The minimum atomic E-state index is 1.11. The lowest BCUT2D eigenvalue weighted by atomic mass is 10.1. The molecular weight excluding hydrogens is 370 g/mol. The normalized spacial score (nSPS) is 11.4. The van der Waals surface area contributed by atoms with Crippen LogP contribution in [0.2, 0.25) is 0 Å². The Morgan fingerprint density at radius 3 is 1.56 bits per heavy atom. The Labute approximate surface area is 165 Å². The summed E-state index contributed by atoms with van der Waals surface area (Å²) in [5.41, 5.74) is 1.44. The third kappa shape index (κ3) is 12.6. The molecule has 144 valence electrons. The average Bonchev–Trinajstić information content (AvgIpc) is 2.62. The van der Waals surface area contributed by atoms with Gasteiger partial charge in [0.25, 0.3) is 0 Å². The number of benzene rings is 1. The zero-order chi connectivity index (χ0) is 18.2. The van der Waals surface area contributed by atoms with E-state index in [2.05, 4.69) is 58.9 Å². The van der Waals surface area contributed by atoms with E-state index < -0.39 is 0 Å². The van der Waals surface area contributed by atoms with Crippen LogP contribution in [-0.4, -0.2) is 18.0 Å². The van der Waals surface area contributed by atoms with Crippen LogP contribution in [0.5, 0.6) is 0 Å². The molecule has 0 aliphatic heterocycles. The summed E-state index contributed by atoms with van der Waals surface area (Å²) in [5, 5.41) is 0. The van der Waals surface area contributed by atoms with Gasteiger partial charge in [-0.15, -0.1) is 0 Å². The molecule has 2 heteroatoms. The van der Waals surface area contributed by atoms with Gasteiger partial charge in [0.15, 0.2) is 0 Å². The number of unbranched alkanes of at least 4 members (excludes halogenated alkanes) is 10. The van der Waals surface area contributed by atoms with Gasteiger partial charge in [-0.05, 0) is 43.6 Å². The van der Waals surface area contributed by atoms with Crippen LogP contribution in [0.3, 0.4) is 0 Å². The molecule has 0 aliphatic carbocycles. The fourth-order valence-electron chi connectivity index (χ4n) is 3.35. The Hall–Kier alpha value is -0.340. The lowest BCUT2D eigenvalue weighted by molar-refractivity contribution is 0.252. The van der Waals surface area contributed by atoms with Crippen LogP contribution < -0.4 is 0 Å². The second kappa shape index (κ2) is 15.9. The standard InChI is InChI=1S/C23H40BrN/c1-3-5-7-9-11-13-19-25(20-14-12-10-8-6-4-2)21-22-15-17-23(24)18-16-22/h15-18H,3-14,19-21H2,1-2H3. The first-order valence-corrected chi connectivity index (χ1v) is 11.5.